The Bertz CT molecular complexity index is 772. The maximum Gasteiger partial charge on any atom is 0.255 e. The predicted molar refractivity (Wildman–Crippen MR) is 97.5 cm³/mol. The van der Waals surface area contributed by atoms with Crippen LogP contribution in [0.1, 0.15) is 31.1 Å². The Balaban J connectivity index is 2.16. The van der Waals surface area contributed by atoms with E-state index in [0.29, 0.717) is 28.4 Å². The molecule has 0 saturated carbocycles. The molecule has 6 heteroatoms. The van der Waals surface area contributed by atoms with Crippen molar-refractivity contribution in [1.29, 1.82) is 0 Å². The minimum absolute atomic E-state index is 0.00472. The van der Waals surface area contributed by atoms with E-state index >= 15 is 0 Å². The molecule has 132 valence electrons. The molecule has 0 aliphatic rings. The molecule has 0 aliphatic heterocycles. The average molecular weight is 342 g/mol. The van der Waals surface area contributed by atoms with Gasteiger partial charge in [-0.15, -0.1) is 0 Å². The van der Waals surface area contributed by atoms with E-state index in [2.05, 4.69) is 10.6 Å². The van der Waals surface area contributed by atoms with Crippen LogP contribution < -0.4 is 20.1 Å². The first-order valence-corrected chi connectivity index (χ1v) is 7.92. The fourth-order valence-corrected chi connectivity index (χ4v) is 2.24. The lowest BCUT2D eigenvalue weighted by atomic mass is 10.1. The Kier molecular flexibility index (Phi) is 6.00. The van der Waals surface area contributed by atoms with E-state index < -0.39 is 0 Å². The predicted octanol–water partition coefficient (Wildman–Crippen LogP) is 3.69. The van der Waals surface area contributed by atoms with Crippen LogP contribution in [0.2, 0.25) is 0 Å². The molecule has 0 aliphatic carbocycles. The Labute approximate surface area is 147 Å². The summed E-state index contributed by atoms with van der Waals surface area (Å²) in [6.45, 7) is 5.27. The van der Waals surface area contributed by atoms with Gasteiger partial charge in [0.25, 0.3) is 5.91 Å². The van der Waals surface area contributed by atoms with Crippen molar-refractivity contribution < 1.29 is 19.1 Å². The van der Waals surface area contributed by atoms with Crippen LogP contribution in [0.3, 0.4) is 0 Å². The average Bonchev–Trinajstić information content (AvgIpc) is 2.54. The number of hydrogen-bond donors (Lipinski definition) is 2. The number of benzene rings is 2. The minimum Gasteiger partial charge on any atom is -0.493 e. The minimum atomic E-state index is -0.283. The summed E-state index contributed by atoms with van der Waals surface area (Å²) in [7, 11) is 1.53. The molecule has 6 nitrogen and oxygen atoms in total. The lowest BCUT2D eigenvalue weighted by molar-refractivity contribution is -0.114. The van der Waals surface area contributed by atoms with E-state index in [4.69, 9.17) is 9.47 Å². The third-order valence-corrected chi connectivity index (χ3v) is 3.23. The van der Waals surface area contributed by atoms with E-state index in [1.807, 2.05) is 13.8 Å². The summed E-state index contributed by atoms with van der Waals surface area (Å²) in [5.74, 6) is 0.623. The van der Waals surface area contributed by atoms with Crippen LogP contribution in [0.25, 0.3) is 0 Å². The van der Waals surface area contributed by atoms with Gasteiger partial charge in [-0.2, -0.15) is 0 Å². The number of anilines is 2. The first kappa shape index (κ1) is 18.3. The van der Waals surface area contributed by atoms with Gasteiger partial charge in [0, 0.05) is 23.9 Å². The third kappa shape index (κ3) is 5.24. The molecule has 2 aromatic rings. The van der Waals surface area contributed by atoms with Crippen LogP contribution in [0, 0.1) is 0 Å². The third-order valence-electron chi connectivity index (χ3n) is 3.23. The molecule has 0 fully saturated rings. The van der Waals surface area contributed by atoms with Gasteiger partial charge in [0.05, 0.1) is 13.2 Å². The van der Waals surface area contributed by atoms with Crippen molar-refractivity contribution >= 4 is 23.2 Å². The van der Waals surface area contributed by atoms with Crippen molar-refractivity contribution in [3.63, 3.8) is 0 Å². The van der Waals surface area contributed by atoms with E-state index in [1.165, 1.54) is 14.0 Å². The Morgan fingerprint density at radius 3 is 2.24 bits per heavy atom. The monoisotopic (exact) mass is 342 g/mol. The van der Waals surface area contributed by atoms with Gasteiger partial charge in [0.15, 0.2) is 11.5 Å². The highest BCUT2D eigenvalue weighted by Crippen LogP contribution is 2.29. The van der Waals surface area contributed by atoms with Gasteiger partial charge in [-0.1, -0.05) is 6.07 Å². The highest BCUT2D eigenvalue weighted by Gasteiger charge is 2.12. The van der Waals surface area contributed by atoms with Crippen LogP contribution >= 0.6 is 0 Å². The van der Waals surface area contributed by atoms with Crippen molar-refractivity contribution in [2.24, 2.45) is 0 Å². The fraction of sp³-hybridized carbons (Fsp3) is 0.263. The standard InChI is InChI=1S/C19H22N2O4/c1-12(2)25-17-9-8-14(10-18(17)24-4)19(23)21-16-7-5-6-15(11-16)20-13(3)22/h5-12H,1-4H3,(H,20,22)(H,21,23). The highest BCUT2D eigenvalue weighted by atomic mass is 16.5. The Morgan fingerprint density at radius 1 is 0.960 bits per heavy atom. The molecular weight excluding hydrogens is 320 g/mol. The summed E-state index contributed by atoms with van der Waals surface area (Å²) in [6.07, 6.45) is 0.00472. The van der Waals surface area contributed by atoms with Crippen molar-refractivity contribution in [2.45, 2.75) is 26.9 Å². The second-order valence-electron chi connectivity index (χ2n) is 5.75. The molecule has 2 aromatic carbocycles. The Morgan fingerprint density at radius 2 is 1.64 bits per heavy atom. The highest BCUT2D eigenvalue weighted by molar-refractivity contribution is 6.05. The fourth-order valence-electron chi connectivity index (χ4n) is 2.24. The topological polar surface area (TPSA) is 76.7 Å². The SMILES string of the molecule is COc1cc(C(=O)Nc2cccc(NC(C)=O)c2)ccc1OC(C)C. The van der Waals surface area contributed by atoms with Crippen molar-refractivity contribution in [3.8, 4) is 11.5 Å². The number of carbonyl (C=O) groups excluding carboxylic acids is 2. The molecule has 0 aromatic heterocycles. The second kappa shape index (κ2) is 8.19. The smallest absolute Gasteiger partial charge is 0.255 e. The summed E-state index contributed by atoms with van der Waals surface area (Å²) >= 11 is 0. The van der Waals surface area contributed by atoms with Gasteiger partial charge in [0.2, 0.25) is 5.91 Å². The number of nitrogens with one attached hydrogen (secondary N) is 2. The van der Waals surface area contributed by atoms with Crippen molar-refractivity contribution in [3.05, 3.63) is 48.0 Å². The summed E-state index contributed by atoms with van der Waals surface area (Å²) in [5.41, 5.74) is 1.64. The zero-order chi connectivity index (χ0) is 18.4. The molecule has 0 heterocycles. The quantitative estimate of drug-likeness (QED) is 0.839. The van der Waals surface area contributed by atoms with Crippen molar-refractivity contribution in [1.82, 2.24) is 0 Å². The maximum atomic E-state index is 12.5. The number of amides is 2. The Hall–Kier alpha value is -3.02. The van der Waals surface area contributed by atoms with E-state index in [-0.39, 0.29) is 17.9 Å². The van der Waals surface area contributed by atoms with Crippen molar-refractivity contribution in [2.75, 3.05) is 17.7 Å². The molecule has 0 saturated heterocycles. The molecule has 2 rings (SSSR count). The van der Waals surface area contributed by atoms with Gasteiger partial charge in [-0.05, 0) is 50.2 Å². The number of hydrogen-bond acceptors (Lipinski definition) is 4. The molecule has 0 radical (unpaired) electrons. The largest absolute Gasteiger partial charge is 0.493 e. The lowest BCUT2D eigenvalue weighted by Gasteiger charge is -2.14. The zero-order valence-electron chi connectivity index (χ0n) is 14.8. The summed E-state index contributed by atoms with van der Waals surface area (Å²) in [4.78, 5) is 23.6. The van der Waals surface area contributed by atoms with Crippen LogP contribution in [0.5, 0.6) is 11.5 Å². The zero-order valence-corrected chi connectivity index (χ0v) is 14.8. The first-order valence-electron chi connectivity index (χ1n) is 7.92. The normalized spacial score (nSPS) is 10.3. The van der Waals surface area contributed by atoms with Crippen LogP contribution in [0.4, 0.5) is 11.4 Å². The van der Waals surface area contributed by atoms with Gasteiger partial charge >= 0.3 is 0 Å². The molecular formula is C19H22N2O4. The number of methoxy groups -OCH3 is 1. The maximum absolute atomic E-state index is 12.5. The van der Waals surface area contributed by atoms with Gasteiger partial charge < -0.3 is 20.1 Å². The van der Waals surface area contributed by atoms with Gasteiger partial charge in [-0.3, -0.25) is 9.59 Å². The van der Waals surface area contributed by atoms with Crippen LogP contribution in [-0.2, 0) is 4.79 Å². The number of carbonyl (C=O) groups is 2. The molecule has 0 bridgehead atoms. The summed E-state index contributed by atoms with van der Waals surface area (Å²) < 4.78 is 10.9. The molecule has 2 N–H and O–H groups in total. The summed E-state index contributed by atoms with van der Waals surface area (Å²) in [5, 5.41) is 5.47. The molecule has 0 unspecified atom stereocenters. The molecule has 2 amide bonds. The lowest BCUT2D eigenvalue weighted by Crippen LogP contribution is -2.13. The van der Waals surface area contributed by atoms with Gasteiger partial charge in [0.1, 0.15) is 0 Å². The van der Waals surface area contributed by atoms with E-state index in [9.17, 15) is 9.59 Å². The van der Waals surface area contributed by atoms with E-state index in [0.717, 1.165) is 0 Å². The van der Waals surface area contributed by atoms with Crippen LogP contribution in [0.15, 0.2) is 42.5 Å². The van der Waals surface area contributed by atoms with Crippen LogP contribution in [-0.4, -0.2) is 25.0 Å². The second-order valence-corrected chi connectivity index (χ2v) is 5.75. The number of rotatable bonds is 6. The summed E-state index contributed by atoms with van der Waals surface area (Å²) in [6, 6.07) is 11.9. The molecule has 0 spiro atoms. The van der Waals surface area contributed by atoms with E-state index in [1.54, 1.807) is 42.5 Å². The number of ether oxygens (including phenoxy) is 2. The molecule has 0 atom stereocenters. The van der Waals surface area contributed by atoms with Gasteiger partial charge in [-0.25, -0.2) is 0 Å². The molecule has 25 heavy (non-hydrogen) atoms. The first-order chi connectivity index (χ1) is 11.9.